The Morgan fingerprint density at radius 2 is 1.94 bits per heavy atom. The molecular weight excluding hydrogens is 266 g/mol. The Labute approximate surface area is 102 Å². The molecule has 0 amide bonds. The van der Waals surface area contributed by atoms with Gasteiger partial charge in [0.25, 0.3) is 0 Å². The van der Waals surface area contributed by atoms with Crippen molar-refractivity contribution in [2.24, 2.45) is 5.73 Å². The summed E-state index contributed by atoms with van der Waals surface area (Å²) in [5, 5.41) is 8.70. The Balaban J connectivity index is 0.00000225. The monoisotopic (exact) mass is 275 g/mol. The second kappa shape index (κ2) is 5.72. The Morgan fingerprint density at radius 3 is 2.38 bits per heavy atom. The van der Waals surface area contributed by atoms with Crippen molar-refractivity contribution < 1.29 is 18.3 Å². The normalized spacial score (nSPS) is 13.1. The quantitative estimate of drug-likeness (QED) is 0.872. The molecule has 0 saturated heterocycles. The van der Waals surface area contributed by atoms with E-state index in [1.165, 1.54) is 12.1 Å². The second-order valence-corrected chi connectivity index (χ2v) is 3.45. The first-order valence-corrected chi connectivity index (χ1v) is 4.47. The standard InChI is InChI=1S/C9H9ClF3NO.ClH/c10-5-1-2-6(8(14)4-15)7(3-5)9(11,12)13;/h1-3,8,15H,4,14H2;1H. The Morgan fingerprint density at radius 1 is 1.38 bits per heavy atom. The first-order valence-electron chi connectivity index (χ1n) is 4.09. The van der Waals surface area contributed by atoms with E-state index in [2.05, 4.69) is 0 Å². The lowest BCUT2D eigenvalue weighted by atomic mass is 10.0. The number of benzene rings is 1. The summed E-state index contributed by atoms with van der Waals surface area (Å²) < 4.78 is 37.6. The lowest BCUT2D eigenvalue weighted by Gasteiger charge is -2.16. The molecule has 0 radical (unpaired) electrons. The zero-order chi connectivity index (χ0) is 11.6. The molecule has 0 aromatic heterocycles. The van der Waals surface area contributed by atoms with E-state index >= 15 is 0 Å². The number of rotatable bonds is 2. The predicted molar refractivity (Wildman–Crippen MR) is 57.7 cm³/mol. The number of aliphatic hydroxyl groups excluding tert-OH is 1. The molecule has 1 unspecified atom stereocenters. The molecule has 1 aromatic carbocycles. The molecule has 0 spiro atoms. The molecule has 92 valence electrons. The topological polar surface area (TPSA) is 46.2 Å². The molecule has 0 bridgehead atoms. The number of nitrogens with two attached hydrogens (primary N) is 1. The van der Waals surface area contributed by atoms with Gasteiger partial charge in [-0.15, -0.1) is 12.4 Å². The van der Waals surface area contributed by atoms with E-state index in [4.69, 9.17) is 22.4 Å². The lowest BCUT2D eigenvalue weighted by Crippen LogP contribution is -2.20. The van der Waals surface area contributed by atoms with Crippen molar-refractivity contribution in [1.29, 1.82) is 0 Å². The van der Waals surface area contributed by atoms with E-state index in [1.54, 1.807) is 0 Å². The second-order valence-electron chi connectivity index (χ2n) is 3.02. The van der Waals surface area contributed by atoms with Crippen LogP contribution in [0.3, 0.4) is 0 Å². The molecule has 1 rings (SSSR count). The molecule has 2 nitrogen and oxygen atoms in total. The van der Waals surface area contributed by atoms with E-state index < -0.39 is 24.4 Å². The molecule has 0 heterocycles. The van der Waals surface area contributed by atoms with Crippen molar-refractivity contribution in [3.8, 4) is 0 Å². The van der Waals surface area contributed by atoms with Crippen molar-refractivity contribution in [3.05, 3.63) is 34.3 Å². The fourth-order valence-corrected chi connectivity index (χ4v) is 1.37. The summed E-state index contributed by atoms with van der Waals surface area (Å²) in [4.78, 5) is 0. The van der Waals surface area contributed by atoms with Crippen molar-refractivity contribution >= 4 is 24.0 Å². The maximum Gasteiger partial charge on any atom is 0.416 e. The molecule has 1 aromatic rings. The van der Waals surface area contributed by atoms with E-state index in [0.29, 0.717) is 0 Å². The van der Waals surface area contributed by atoms with Gasteiger partial charge in [-0.25, -0.2) is 0 Å². The third kappa shape index (κ3) is 3.52. The molecule has 3 N–H and O–H groups in total. The summed E-state index contributed by atoms with van der Waals surface area (Å²) in [5.41, 5.74) is 4.28. The van der Waals surface area contributed by atoms with Crippen LogP contribution < -0.4 is 5.73 Å². The molecule has 16 heavy (non-hydrogen) atoms. The van der Waals surface area contributed by atoms with Crippen LogP contribution in [-0.2, 0) is 6.18 Å². The summed E-state index contributed by atoms with van der Waals surface area (Å²) in [6.45, 7) is -0.551. The van der Waals surface area contributed by atoms with E-state index in [0.717, 1.165) is 6.07 Å². The van der Waals surface area contributed by atoms with Crippen LogP contribution >= 0.6 is 24.0 Å². The lowest BCUT2D eigenvalue weighted by molar-refractivity contribution is -0.138. The number of hydrogen-bond donors (Lipinski definition) is 2. The van der Waals surface area contributed by atoms with Crippen LogP contribution in [0, 0.1) is 0 Å². The molecule has 0 aliphatic carbocycles. The van der Waals surface area contributed by atoms with Gasteiger partial charge in [-0.2, -0.15) is 13.2 Å². The first kappa shape index (κ1) is 15.5. The van der Waals surface area contributed by atoms with E-state index in [-0.39, 0.29) is 23.0 Å². The van der Waals surface area contributed by atoms with Gasteiger partial charge >= 0.3 is 6.18 Å². The van der Waals surface area contributed by atoms with Crippen LogP contribution in [0.2, 0.25) is 5.02 Å². The highest BCUT2D eigenvalue weighted by Gasteiger charge is 2.34. The third-order valence-corrected chi connectivity index (χ3v) is 2.15. The SMILES string of the molecule is Cl.NC(CO)c1ccc(Cl)cc1C(F)(F)F. The number of halogens is 5. The maximum absolute atomic E-state index is 12.5. The highest BCUT2D eigenvalue weighted by atomic mass is 35.5. The predicted octanol–water partition coefficient (Wildman–Crippen LogP) is 2.77. The Hall–Kier alpha value is -0.490. The molecule has 0 aliphatic rings. The van der Waals surface area contributed by atoms with Gasteiger partial charge in [0.1, 0.15) is 0 Å². The zero-order valence-corrected chi connectivity index (χ0v) is 9.53. The third-order valence-electron chi connectivity index (χ3n) is 1.92. The average Bonchev–Trinajstić information content (AvgIpc) is 2.15. The number of hydrogen-bond acceptors (Lipinski definition) is 2. The highest BCUT2D eigenvalue weighted by molar-refractivity contribution is 6.30. The Kier molecular flexibility index (Phi) is 5.55. The van der Waals surface area contributed by atoms with E-state index in [9.17, 15) is 13.2 Å². The van der Waals surface area contributed by atoms with Gasteiger partial charge in [-0.05, 0) is 17.7 Å². The summed E-state index contributed by atoms with van der Waals surface area (Å²) in [6.07, 6.45) is -4.52. The largest absolute Gasteiger partial charge is 0.416 e. The summed E-state index contributed by atoms with van der Waals surface area (Å²) in [6, 6.07) is 2.22. The van der Waals surface area contributed by atoms with Gasteiger partial charge in [-0.3, -0.25) is 0 Å². The minimum absolute atomic E-state index is 0. The molecule has 1 atom stereocenters. The fourth-order valence-electron chi connectivity index (χ4n) is 1.20. The van der Waals surface area contributed by atoms with E-state index in [1.807, 2.05) is 0 Å². The first-order chi connectivity index (χ1) is 6.86. The van der Waals surface area contributed by atoms with Gasteiger partial charge in [0, 0.05) is 5.02 Å². The summed E-state index contributed by atoms with van der Waals surface area (Å²) in [7, 11) is 0. The molecular formula is C9H10Cl2F3NO. The van der Waals surface area contributed by atoms with Gasteiger partial charge in [-0.1, -0.05) is 17.7 Å². The van der Waals surface area contributed by atoms with Crippen molar-refractivity contribution in [2.75, 3.05) is 6.61 Å². The van der Waals surface area contributed by atoms with Crippen molar-refractivity contribution in [3.63, 3.8) is 0 Å². The van der Waals surface area contributed by atoms with Crippen LogP contribution in [0.4, 0.5) is 13.2 Å². The highest BCUT2D eigenvalue weighted by Crippen LogP contribution is 2.35. The Bertz CT molecular complexity index is 357. The average molecular weight is 276 g/mol. The van der Waals surface area contributed by atoms with Crippen LogP contribution in [0.15, 0.2) is 18.2 Å². The molecule has 7 heteroatoms. The van der Waals surface area contributed by atoms with Crippen molar-refractivity contribution in [1.82, 2.24) is 0 Å². The van der Waals surface area contributed by atoms with Crippen LogP contribution in [0.25, 0.3) is 0 Å². The molecule has 0 fully saturated rings. The minimum atomic E-state index is -4.52. The maximum atomic E-state index is 12.5. The zero-order valence-electron chi connectivity index (χ0n) is 7.96. The number of aliphatic hydroxyl groups is 1. The van der Waals surface area contributed by atoms with Crippen LogP contribution in [0.5, 0.6) is 0 Å². The van der Waals surface area contributed by atoms with Gasteiger partial charge in [0.05, 0.1) is 18.2 Å². The fraction of sp³-hybridized carbons (Fsp3) is 0.333. The number of alkyl halides is 3. The summed E-state index contributed by atoms with van der Waals surface area (Å²) >= 11 is 5.47. The summed E-state index contributed by atoms with van der Waals surface area (Å²) in [5.74, 6) is 0. The van der Waals surface area contributed by atoms with Crippen LogP contribution in [-0.4, -0.2) is 11.7 Å². The minimum Gasteiger partial charge on any atom is -0.394 e. The van der Waals surface area contributed by atoms with Gasteiger partial charge in [0.15, 0.2) is 0 Å². The van der Waals surface area contributed by atoms with Crippen LogP contribution in [0.1, 0.15) is 17.2 Å². The smallest absolute Gasteiger partial charge is 0.394 e. The van der Waals surface area contributed by atoms with Gasteiger partial charge in [0.2, 0.25) is 0 Å². The van der Waals surface area contributed by atoms with Gasteiger partial charge < -0.3 is 10.8 Å². The molecule has 0 aliphatic heterocycles. The van der Waals surface area contributed by atoms with Crippen molar-refractivity contribution in [2.45, 2.75) is 12.2 Å². The molecule has 0 saturated carbocycles.